The van der Waals surface area contributed by atoms with Gasteiger partial charge >= 0.3 is 5.69 Å². The van der Waals surface area contributed by atoms with Gasteiger partial charge in [-0.15, -0.1) is 0 Å². The van der Waals surface area contributed by atoms with Gasteiger partial charge in [0.2, 0.25) is 0 Å². The highest BCUT2D eigenvalue weighted by atomic mass is 35.5. The number of fused-ring (bicyclic) bond motifs is 1. The molecule has 0 aliphatic heterocycles. The van der Waals surface area contributed by atoms with Crippen LogP contribution in [0.3, 0.4) is 0 Å². The first-order valence-electron chi connectivity index (χ1n) is 8.61. The molecule has 0 bridgehead atoms. The van der Waals surface area contributed by atoms with Crippen molar-refractivity contribution in [3.8, 4) is 5.69 Å². The molecule has 0 aliphatic carbocycles. The van der Waals surface area contributed by atoms with Crippen LogP contribution in [-0.4, -0.2) is 9.13 Å². The highest BCUT2D eigenvalue weighted by molar-refractivity contribution is 6.30. The van der Waals surface area contributed by atoms with E-state index in [2.05, 4.69) is 0 Å². The van der Waals surface area contributed by atoms with Crippen molar-refractivity contribution in [2.45, 2.75) is 13.5 Å². The van der Waals surface area contributed by atoms with Crippen LogP contribution in [0.15, 0.2) is 82.4 Å². The first-order chi connectivity index (χ1) is 13.1. The summed E-state index contributed by atoms with van der Waals surface area (Å²) in [5.41, 5.74) is 2.47. The number of hydrogen-bond donors (Lipinski definition) is 0. The van der Waals surface area contributed by atoms with E-state index >= 15 is 0 Å². The van der Waals surface area contributed by atoms with Crippen LogP contribution in [-0.2, 0) is 6.54 Å². The third-order valence-electron chi connectivity index (χ3n) is 4.71. The van der Waals surface area contributed by atoms with Crippen molar-refractivity contribution >= 4 is 22.5 Å². The van der Waals surface area contributed by atoms with Crippen molar-refractivity contribution in [2.24, 2.45) is 0 Å². The Morgan fingerprint density at radius 2 is 1.63 bits per heavy atom. The maximum atomic E-state index is 13.3. The van der Waals surface area contributed by atoms with Crippen molar-refractivity contribution in [1.29, 1.82) is 0 Å². The first kappa shape index (κ1) is 17.3. The highest BCUT2D eigenvalue weighted by Gasteiger charge is 2.15. The SMILES string of the molecule is Cc1ccccc1Cn1c(=O)n(-c2cccc(Cl)c2)c(=O)c2ccccc21. The number of hydrogen-bond acceptors (Lipinski definition) is 2. The number of nitrogens with zero attached hydrogens (tertiary/aromatic N) is 2. The van der Waals surface area contributed by atoms with Gasteiger partial charge in [0.1, 0.15) is 0 Å². The molecule has 0 spiro atoms. The van der Waals surface area contributed by atoms with Gasteiger partial charge in [-0.05, 0) is 48.4 Å². The van der Waals surface area contributed by atoms with E-state index < -0.39 is 0 Å². The summed E-state index contributed by atoms with van der Waals surface area (Å²) >= 11 is 6.08. The Morgan fingerprint density at radius 1 is 0.889 bits per heavy atom. The number of benzene rings is 3. The van der Waals surface area contributed by atoms with Crippen molar-refractivity contribution in [3.05, 3.63) is 110 Å². The molecule has 5 heteroatoms. The van der Waals surface area contributed by atoms with Crippen LogP contribution in [0, 0.1) is 6.92 Å². The molecule has 0 unspecified atom stereocenters. The molecule has 3 aromatic carbocycles. The van der Waals surface area contributed by atoms with Crippen molar-refractivity contribution in [3.63, 3.8) is 0 Å². The number of aromatic nitrogens is 2. The Kier molecular flexibility index (Phi) is 4.42. The molecule has 0 saturated carbocycles. The fourth-order valence-corrected chi connectivity index (χ4v) is 3.46. The average Bonchev–Trinajstić information content (AvgIpc) is 2.67. The molecule has 1 aromatic heterocycles. The lowest BCUT2D eigenvalue weighted by Crippen LogP contribution is -2.39. The molecule has 0 amide bonds. The van der Waals surface area contributed by atoms with Gasteiger partial charge in [0.25, 0.3) is 5.56 Å². The summed E-state index contributed by atoms with van der Waals surface area (Å²) in [4.78, 5) is 26.4. The van der Waals surface area contributed by atoms with Gasteiger partial charge in [0.15, 0.2) is 0 Å². The predicted molar refractivity (Wildman–Crippen MR) is 109 cm³/mol. The molecule has 4 nitrogen and oxygen atoms in total. The maximum absolute atomic E-state index is 13.3. The lowest BCUT2D eigenvalue weighted by Gasteiger charge is -2.15. The van der Waals surface area contributed by atoms with Gasteiger partial charge in [-0.3, -0.25) is 9.36 Å². The maximum Gasteiger partial charge on any atom is 0.336 e. The van der Waals surface area contributed by atoms with Crippen molar-refractivity contribution in [2.75, 3.05) is 0 Å². The first-order valence-corrected chi connectivity index (χ1v) is 8.99. The summed E-state index contributed by atoms with van der Waals surface area (Å²) < 4.78 is 2.83. The molecule has 134 valence electrons. The Labute approximate surface area is 160 Å². The molecule has 0 aliphatic rings. The Balaban J connectivity index is 2.05. The van der Waals surface area contributed by atoms with E-state index in [0.29, 0.717) is 28.2 Å². The van der Waals surface area contributed by atoms with E-state index in [1.165, 1.54) is 4.57 Å². The van der Waals surface area contributed by atoms with Crippen LogP contribution in [0.5, 0.6) is 0 Å². The van der Waals surface area contributed by atoms with Gasteiger partial charge < -0.3 is 0 Å². The Hall–Kier alpha value is -3.11. The monoisotopic (exact) mass is 376 g/mol. The van der Waals surface area contributed by atoms with Crippen LogP contribution >= 0.6 is 11.6 Å². The third kappa shape index (κ3) is 3.09. The summed E-state index contributed by atoms with van der Waals surface area (Å²) in [5, 5.41) is 0.961. The lowest BCUT2D eigenvalue weighted by atomic mass is 10.1. The molecule has 4 aromatic rings. The van der Waals surface area contributed by atoms with E-state index in [1.54, 1.807) is 47.0 Å². The summed E-state index contributed by atoms with van der Waals surface area (Å²) in [6.07, 6.45) is 0. The van der Waals surface area contributed by atoms with Crippen LogP contribution in [0.2, 0.25) is 5.02 Å². The molecule has 0 atom stereocenters. The van der Waals surface area contributed by atoms with Gasteiger partial charge in [0, 0.05) is 5.02 Å². The lowest BCUT2D eigenvalue weighted by molar-refractivity contribution is 0.712. The fraction of sp³-hybridized carbons (Fsp3) is 0.0909. The second-order valence-electron chi connectivity index (χ2n) is 6.43. The minimum Gasteiger partial charge on any atom is -0.288 e. The second-order valence-corrected chi connectivity index (χ2v) is 6.87. The quantitative estimate of drug-likeness (QED) is 0.539. The minimum atomic E-state index is -0.385. The number of rotatable bonds is 3. The Morgan fingerprint density at radius 3 is 2.41 bits per heavy atom. The van der Waals surface area contributed by atoms with Gasteiger partial charge in [-0.1, -0.05) is 54.1 Å². The molecule has 0 fully saturated rings. The van der Waals surface area contributed by atoms with Crippen molar-refractivity contribution < 1.29 is 0 Å². The zero-order valence-corrected chi connectivity index (χ0v) is 15.5. The highest BCUT2D eigenvalue weighted by Crippen LogP contribution is 2.16. The molecule has 0 radical (unpaired) electrons. The van der Waals surface area contributed by atoms with Gasteiger partial charge in [0.05, 0.1) is 23.1 Å². The topological polar surface area (TPSA) is 44.0 Å². The fourth-order valence-electron chi connectivity index (χ4n) is 3.27. The minimum absolute atomic E-state index is 0.348. The number of para-hydroxylation sites is 1. The number of aryl methyl sites for hydroxylation is 1. The molecular formula is C22H17ClN2O2. The molecule has 0 N–H and O–H groups in total. The zero-order valence-electron chi connectivity index (χ0n) is 14.7. The zero-order chi connectivity index (χ0) is 19.0. The summed E-state index contributed by atoms with van der Waals surface area (Å²) in [5.74, 6) is 0. The molecule has 27 heavy (non-hydrogen) atoms. The predicted octanol–water partition coefficient (Wildman–Crippen LogP) is 4.16. The summed E-state index contributed by atoms with van der Waals surface area (Å²) in [7, 11) is 0. The van der Waals surface area contributed by atoms with E-state index in [1.807, 2.05) is 37.3 Å². The molecule has 0 saturated heterocycles. The van der Waals surface area contributed by atoms with Crippen LogP contribution in [0.4, 0.5) is 0 Å². The van der Waals surface area contributed by atoms with Crippen LogP contribution < -0.4 is 11.2 Å². The van der Waals surface area contributed by atoms with E-state index in [9.17, 15) is 9.59 Å². The van der Waals surface area contributed by atoms with Gasteiger partial charge in [-0.25, -0.2) is 9.36 Å². The molecule has 1 heterocycles. The smallest absolute Gasteiger partial charge is 0.288 e. The molecular weight excluding hydrogens is 360 g/mol. The summed E-state index contributed by atoms with van der Waals surface area (Å²) in [6, 6.07) is 21.9. The average molecular weight is 377 g/mol. The van der Waals surface area contributed by atoms with E-state index in [4.69, 9.17) is 11.6 Å². The second kappa shape index (κ2) is 6.89. The number of halogens is 1. The van der Waals surface area contributed by atoms with Crippen LogP contribution in [0.1, 0.15) is 11.1 Å². The standard InChI is InChI=1S/C22H17ClN2O2/c1-15-7-2-3-8-16(15)14-24-20-12-5-4-11-19(20)21(26)25(22(24)27)18-10-6-9-17(23)13-18/h2-13H,14H2,1H3. The largest absolute Gasteiger partial charge is 0.336 e. The normalized spacial score (nSPS) is 11.0. The summed E-state index contributed by atoms with van der Waals surface area (Å²) in [6.45, 7) is 2.39. The van der Waals surface area contributed by atoms with E-state index in [-0.39, 0.29) is 11.2 Å². The third-order valence-corrected chi connectivity index (χ3v) is 4.94. The molecule has 4 rings (SSSR count). The van der Waals surface area contributed by atoms with Crippen molar-refractivity contribution in [1.82, 2.24) is 9.13 Å². The van der Waals surface area contributed by atoms with E-state index in [0.717, 1.165) is 11.1 Å². The van der Waals surface area contributed by atoms with Crippen LogP contribution in [0.25, 0.3) is 16.6 Å². The van der Waals surface area contributed by atoms with Gasteiger partial charge in [-0.2, -0.15) is 0 Å². The Bertz CT molecular complexity index is 1270.